The second kappa shape index (κ2) is 6.62. The molecule has 0 saturated heterocycles. The fourth-order valence-electron chi connectivity index (χ4n) is 2.31. The van der Waals surface area contributed by atoms with E-state index in [0.29, 0.717) is 20.9 Å². The normalized spacial score (nSPS) is 12.4. The van der Waals surface area contributed by atoms with Crippen molar-refractivity contribution in [2.24, 2.45) is 0 Å². The van der Waals surface area contributed by atoms with Gasteiger partial charge in [0.15, 0.2) is 5.82 Å². The Bertz CT molecular complexity index is 1220. The van der Waals surface area contributed by atoms with E-state index in [0.717, 1.165) is 4.88 Å². The van der Waals surface area contributed by atoms with Crippen LogP contribution >= 0.6 is 22.7 Å². The Hall–Kier alpha value is -3.17. The van der Waals surface area contributed by atoms with Crippen LogP contribution in [0.5, 0.6) is 0 Å². The first-order valence-electron chi connectivity index (χ1n) is 7.47. The third-order valence-corrected chi connectivity index (χ3v) is 5.34. The summed E-state index contributed by atoms with van der Waals surface area (Å²) in [6.07, 6.45) is 5.34. The number of nitro groups is 1. The molecule has 0 aliphatic carbocycles. The van der Waals surface area contributed by atoms with Crippen molar-refractivity contribution in [3.63, 3.8) is 0 Å². The lowest BCUT2D eigenvalue weighted by molar-refractivity contribution is -0.384. The topological polar surface area (TPSA) is 90.4 Å². The minimum atomic E-state index is -0.461. The number of benzene rings is 1. The van der Waals surface area contributed by atoms with Crippen LogP contribution in [0.2, 0.25) is 0 Å². The lowest BCUT2D eigenvalue weighted by atomic mass is 10.2. The summed E-state index contributed by atoms with van der Waals surface area (Å²) in [5.74, 6) is 0.476. The largest absolute Gasteiger partial charge is 0.291 e. The van der Waals surface area contributed by atoms with Gasteiger partial charge in [0, 0.05) is 17.0 Å². The Balaban J connectivity index is 1.67. The first-order chi connectivity index (χ1) is 12.6. The predicted molar refractivity (Wildman–Crippen MR) is 102 cm³/mol. The minimum Gasteiger partial charge on any atom is -0.266 e. The quantitative estimate of drug-likeness (QED) is 0.400. The molecule has 4 rings (SSSR count). The lowest BCUT2D eigenvalue weighted by Gasteiger charge is -1.92. The molecule has 0 aliphatic heterocycles. The summed E-state index contributed by atoms with van der Waals surface area (Å²) in [6.45, 7) is 0. The van der Waals surface area contributed by atoms with Crippen LogP contribution in [0.25, 0.3) is 23.2 Å². The smallest absolute Gasteiger partial charge is 0.266 e. The van der Waals surface area contributed by atoms with Gasteiger partial charge in [-0.05, 0) is 47.4 Å². The molecule has 3 heterocycles. The Labute approximate surface area is 154 Å². The zero-order valence-corrected chi connectivity index (χ0v) is 14.7. The van der Waals surface area contributed by atoms with E-state index in [2.05, 4.69) is 10.1 Å². The molecule has 0 fully saturated rings. The van der Waals surface area contributed by atoms with Crippen molar-refractivity contribution in [2.75, 3.05) is 0 Å². The molecular formula is C17H10N4O3S2. The summed E-state index contributed by atoms with van der Waals surface area (Å²) >= 11 is 2.83. The number of nitrogens with zero attached hydrogens (tertiary/aromatic N) is 4. The average molecular weight is 382 g/mol. The Morgan fingerprint density at radius 3 is 2.62 bits per heavy atom. The maximum atomic E-state index is 12.5. The van der Waals surface area contributed by atoms with Crippen LogP contribution < -0.4 is 10.1 Å². The van der Waals surface area contributed by atoms with Gasteiger partial charge in [0.25, 0.3) is 11.2 Å². The van der Waals surface area contributed by atoms with Crippen LogP contribution in [0, 0.1) is 10.1 Å². The molecular weight excluding hydrogens is 372 g/mol. The highest BCUT2D eigenvalue weighted by Crippen LogP contribution is 2.14. The van der Waals surface area contributed by atoms with Crippen LogP contribution in [0.4, 0.5) is 5.69 Å². The fourth-order valence-corrected chi connectivity index (χ4v) is 3.84. The monoisotopic (exact) mass is 382 g/mol. The SMILES string of the molecule is O=c1/c(=C\c2ccc([N+](=O)[O-])cc2)sc2nc(/C=C/c3cccs3)nn12. The van der Waals surface area contributed by atoms with Crippen molar-refractivity contribution < 1.29 is 4.92 Å². The number of non-ortho nitro benzene ring substituents is 1. The van der Waals surface area contributed by atoms with Gasteiger partial charge in [-0.3, -0.25) is 14.9 Å². The summed E-state index contributed by atoms with van der Waals surface area (Å²) < 4.78 is 1.75. The first-order valence-corrected chi connectivity index (χ1v) is 9.17. The van der Waals surface area contributed by atoms with Gasteiger partial charge in [-0.15, -0.1) is 16.4 Å². The van der Waals surface area contributed by atoms with E-state index in [1.165, 1.54) is 28.0 Å². The summed E-state index contributed by atoms with van der Waals surface area (Å²) in [5, 5.41) is 16.9. The van der Waals surface area contributed by atoms with Gasteiger partial charge in [0.1, 0.15) is 0 Å². The Morgan fingerprint density at radius 1 is 1.15 bits per heavy atom. The molecule has 1 aromatic carbocycles. The van der Waals surface area contributed by atoms with Gasteiger partial charge in [-0.1, -0.05) is 17.4 Å². The van der Waals surface area contributed by atoms with Gasteiger partial charge in [0.05, 0.1) is 9.46 Å². The number of thiazole rings is 1. The van der Waals surface area contributed by atoms with E-state index >= 15 is 0 Å². The summed E-state index contributed by atoms with van der Waals surface area (Å²) in [5.41, 5.74) is 0.455. The van der Waals surface area contributed by atoms with Crippen LogP contribution in [0.1, 0.15) is 16.3 Å². The van der Waals surface area contributed by atoms with Gasteiger partial charge in [0.2, 0.25) is 4.96 Å². The third-order valence-electron chi connectivity index (χ3n) is 3.54. The standard InChI is InChI=1S/C17H10N4O3S2/c22-16-14(10-11-3-5-12(6-4-11)21(23)24)26-17-18-15(19-20(16)17)8-7-13-2-1-9-25-13/h1-10H/b8-7+,14-10+. The van der Waals surface area contributed by atoms with Crippen LogP contribution in [-0.4, -0.2) is 19.5 Å². The molecule has 0 aliphatic rings. The van der Waals surface area contributed by atoms with E-state index in [9.17, 15) is 14.9 Å². The molecule has 0 amide bonds. The van der Waals surface area contributed by atoms with Crippen molar-refractivity contribution in [1.29, 1.82) is 0 Å². The fraction of sp³-hybridized carbons (Fsp3) is 0. The molecule has 128 valence electrons. The van der Waals surface area contributed by atoms with Crippen molar-refractivity contribution in [3.8, 4) is 0 Å². The molecule has 0 bridgehead atoms. The molecule has 0 spiro atoms. The van der Waals surface area contributed by atoms with Gasteiger partial charge >= 0.3 is 0 Å². The van der Waals surface area contributed by atoms with E-state index in [-0.39, 0.29) is 11.2 Å². The molecule has 0 saturated carbocycles. The predicted octanol–water partition coefficient (Wildman–Crippen LogP) is 2.84. The molecule has 3 aromatic heterocycles. The highest BCUT2D eigenvalue weighted by molar-refractivity contribution is 7.15. The maximum Gasteiger partial charge on any atom is 0.291 e. The summed E-state index contributed by atoms with van der Waals surface area (Å²) in [6, 6.07) is 9.95. The number of aromatic nitrogens is 3. The van der Waals surface area contributed by atoms with Gasteiger partial charge < -0.3 is 0 Å². The van der Waals surface area contributed by atoms with Gasteiger partial charge in [-0.25, -0.2) is 0 Å². The Kier molecular flexibility index (Phi) is 4.15. The lowest BCUT2D eigenvalue weighted by Crippen LogP contribution is -2.23. The molecule has 0 unspecified atom stereocenters. The van der Waals surface area contributed by atoms with E-state index in [1.54, 1.807) is 35.6 Å². The van der Waals surface area contributed by atoms with E-state index in [1.807, 2.05) is 23.6 Å². The van der Waals surface area contributed by atoms with E-state index in [4.69, 9.17) is 0 Å². The van der Waals surface area contributed by atoms with Crippen molar-refractivity contribution >= 4 is 51.5 Å². The molecule has 0 N–H and O–H groups in total. The van der Waals surface area contributed by atoms with Crippen LogP contribution in [0.15, 0.2) is 46.6 Å². The zero-order chi connectivity index (χ0) is 18.1. The minimum absolute atomic E-state index is 0.00863. The number of nitro benzene ring substituents is 1. The number of hydrogen-bond acceptors (Lipinski definition) is 7. The third kappa shape index (κ3) is 3.17. The summed E-state index contributed by atoms with van der Waals surface area (Å²) in [7, 11) is 0. The zero-order valence-electron chi connectivity index (χ0n) is 13.1. The highest BCUT2D eigenvalue weighted by atomic mass is 32.1. The van der Waals surface area contributed by atoms with Crippen LogP contribution in [-0.2, 0) is 0 Å². The molecule has 0 radical (unpaired) electrons. The van der Waals surface area contributed by atoms with Crippen molar-refractivity contribution in [2.45, 2.75) is 0 Å². The van der Waals surface area contributed by atoms with Crippen molar-refractivity contribution in [3.05, 3.63) is 83.0 Å². The molecule has 9 heteroatoms. The highest BCUT2D eigenvalue weighted by Gasteiger charge is 2.09. The molecule has 0 atom stereocenters. The van der Waals surface area contributed by atoms with Crippen LogP contribution in [0.3, 0.4) is 0 Å². The Morgan fingerprint density at radius 2 is 1.96 bits per heavy atom. The second-order valence-corrected chi connectivity index (χ2v) is 7.27. The number of rotatable bonds is 4. The number of hydrogen-bond donors (Lipinski definition) is 0. The average Bonchev–Trinajstić information content (AvgIpc) is 3.33. The van der Waals surface area contributed by atoms with Crippen molar-refractivity contribution in [1.82, 2.24) is 14.6 Å². The molecule has 7 nitrogen and oxygen atoms in total. The summed E-state index contributed by atoms with van der Waals surface area (Å²) in [4.78, 5) is 28.6. The molecule has 4 aromatic rings. The first kappa shape index (κ1) is 16.3. The maximum absolute atomic E-state index is 12.5. The number of fused-ring (bicyclic) bond motifs is 1. The van der Waals surface area contributed by atoms with Gasteiger partial charge in [-0.2, -0.15) is 9.50 Å². The number of thiophene rings is 1. The van der Waals surface area contributed by atoms with E-state index < -0.39 is 4.92 Å². The second-order valence-electron chi connectivity index (χ2n) is 5.28. The molecule has 26 heavy (non-hydrogen) atoms.